The number of halogens is 1. The number of hydrogen-bond acceptors (Lipinski definition) is 4. The Kier molecular flexibility index (Phi) is 5.61. The number of hydrogen-bond donors (Lipinski definition) is 1. The van der Waals surface area contributed by atoms with Gasteiger partial charge in [0.1, 0.15) is 6.04 Å². The number of rotatable bonds is 4. The van der Waals surface area contributed by atoms with Crippen molar-refractivity contribution in [2.45, 2.75) is 23.8 Å². The summed E-state index contributed by atoms with van der Waals surface area (Å²) in [5.41, 5.74) is 0.537. The first kappa shape index (κ1) is 17.8. The van der Waals surface area contributed by atoms with E-state index in [-0.39, 0.29) is 24.4 Å². The second-order valence-electron chi connectivity index (χ2n) is 5.82. The molecule has 0 spiro atoms. The molecule has 0 saturated carbocycles. The summed E-state index contributed by atoms with van der Waals surface area (Å²) in [7, 11) is 1.46. The van der Waals surface area contributed by atoms with Crippen molar-refractivity contribution in [2.75, 3.05) is 13.1 Å². The number of likely N-dealkylation sites (tertiary alicyclic amines) is 1. The van der Waals surface area contributed by atoms with Gasteiger partial charge in [-0.1, -0.05) is 18.2 Å². The molecular formula is C18H16BrN3O2S. The first-order valence-electron chi connectivity index (χ1n) is 7.92. The summed E-state index contributed by atoms with van der Waals surface area (Å²) in [4.78, 5) is 27.4. The van der Waals surface area contributed by atoms with E-state index in [0.717, 1.165) is 22.1 Å². The van der Waals surface area contributed by atoms with Gasteiger partial charge in [0, 0.05) is 17.0 Å². The van der Waals surface area contributed by atoms with E-state index in [1.807, 2.05) is 30.3 Å². The monoisotopic (exact) mass is 417 g/mol. The average molecular weight is 418 g/mol. The zero-order valence-electron chi connectivity index (χ0n) is 13.4. The quantitative estimate of drug-likeness (QED) is 0.825. The van der Waals surface area contributed by atoms with Gasteiger partial charge in [-0.2, -0.15) is 5.26 Å². The normalized spacial score (nSPS) is 16.6. The van der Waals surface area contributed by atoms with Crippen LogP contribution < -0.4 is 5.32 Å². The van der Waals surface area contributed by atoms with Gasteiger partial charge in [0.05, 0.1) is 12.6 Å². The van der Waals surface area contributed by atoms with Crippen molar-refractivity contribution < 1.29 is 9.59 Å². The Hall–Kier alpha value is -2.04. The van der Waals surface area contributed by atoms with E-state index < -0.39 is 0 Å². The molecule has 2 amide bonds. The Morgan fingerprint density at radius 3 is 2.96 bits per heavy atom. The molecule has 5 nitrogen and oxygen atoms in total. The van der Waals surface area contributed by atoms with Crippen LogP contribution in [-0.4, -0.2) is 35.8 Å². The first-order chi connectivity index (χ1) is 12.1. The van der Waals surface area contributed by atoms with Crippen molar-refractivity contribution in [1.82, 2.24) is 10.2 Å². The van der Waals surface area contributed by atoms with Crippen LogP contribution in [0.3, 0.4) is 0 Å². The molecule has 1 fully saturated rings. The predicted octanol–water partition coefficient (Wildman–Crippen LogP) is 3.49. The third-order valence-corrected chi connectivity index (χ3v) is 5.86. The summed E-state index contributed by atoms with van der Waals surface area (Å²) < 4.78 is 0. The molecule has 0 aromatic heterocycles. The van der Waals surface area contributed by atoms with E-state index in [1.54, 1.807) is 11.0 Å². The van der Waals surface area contributed by atoms with Gasteiger partial charge in [0.15, 0.2) is 0 Å². The van der Waals surface area contributed by atoms with E-state index in [9.17, 15) is 9.59 Å². The molecule has 1 atom stereocenters. The van der Waals surface area contributed by atoms with Crippen molar-refractivity contribution in [3.8, 4) is 6.07 Å². The second-order valence-corrected chi connectivity index (χ2v) is 7.42. The van der Waals surface area contributed by atoms with Gasteiger partial charge in [-0.25, -0.2) is 0 Å². The highest BCUT2D eigenvalue weighted by atomic mass is 79.9. The highest BCUT2D eigenvalue weighted by Gasteiger charge is 2.28. The molecular weight excluding hydrogens is 402 g/mol. The molecule has 1 aliphatic heterocycles. The van der Waals surface area contributed by atoms with Crippen LogP contribution in [0.15, 0.2) is 41.3 Å². The summed E-state index contributed by atoms with van der Waals surface area (Å²) in [5, 5.41) is 13.6. The van der Waals surface area contributed by atoms with Crippen LogP contribution in [0.25, 0.3) is 10.8 Å². The van der Waals surface area contributed by atoms with E-state index in [0.29, 0.717) is 18.5 Å². The van der Waals surface area contributed by atoms with E-state index in [4.69, 9.17) is 5.26 Å². The van der Waals surface area contributed by atoms with Crippen LogP contribution >= 0.6 is 25.0 Å². The third-order valence-electron chi connectivity index (χ3n) is 4.31. The molecule has 0 radical (unpaired) electrons. The minimum atomic E-state index is -0.373. The molecule has 25 heavy (non-hydrogen) atoms. The number of benzene rings is 2. The number of nitriles is 1. The highest BCUT2D eigenvalue weighted by Crippen LogP contribution is 2.29. The molecule has 1 saturated heterocycles. The zero-order chi connectivity index (χ0) is 17.8. The standard InChI is InChI=1S/C18H16BrN3O2S/c19-25-14-6-7-15-12(9-14)3-1-5-16(15)18(24)21-11-17(23)22-8-2-4-13(22)10-20/h1,3,5-7,9,13H,2,4,8,11H2,(H,21,24). The van der Waals surface area contributed by atoms with Crippen LogP contribution in [0.1, 0.15) is 23.2 Å². The maximum absolute atomic E-state index is 12.5. The second kappa shape index (κ2) is 7.89. The molecule has 2 aromatic rings. The van der Waals surface area contributed by atoms with Gasteiger partial charge < -0.3 is 10.2 Å². The molecule has 1 heterocycles. The molecule has 3 rings (SSSR count). The van der Waals surface area contributed by atoms with Gasteiger partial charge in [-0.3, -0.25) is 9.59 Å². The molecule has 2 aromatic carbocycles. The maximum Gasteiger partial charge on any atom is 0.252 e. The van der Waals surface area contributed by atoms with Gasteiger partial charge >= 0.3 is 0 Å². The minimum Gasteiger partial charge on any atom is -0.343 e. The molecule has 1 unspecified atom stereocenters. The van der Waals surface area contributed by atoms with Crippen LogP contribution in [0, 0.1) is 11.3 Å². The lowest BCUT2D eigenvalue weighted by atomic mass is 10.0. The van der Waals surface area contributed by atoms with Crippen molar-refractivity contribution in [3.63, 3.8) is 0 Å². The van der Waals surface area contributed by atoms with Crippen LogP contribution in [-0.2, 0) is 4.79 Å². The molecule has 0 bridgehead atoms. The Balaban J connectivity index is 1.72. The van der Waals surface area contributed by atoms with Gasteiger partial charge in [0.2, 0.25) is 5.91 Å². The summed E-state index contributed by atoms with van der Waals surface area (Å²) in [6, 6.07) is 13.1. The largest absolute Gasteiger partial charge is 0.343 e. The van der Waals surface area contributed by atoms with E-state index in [1.165, 1.54) is 10.2 Å². The average Bonchev–Trinajstić information content (AvgIpc) is 3.13. The molecule has 128 valence electrons. The Morgan fingerprint density at radius 2 is 2.20 bits per heavy atom. The fourth-order valence-electron chi connectivity index (χ4n) is 3.06. The Labute approximate surface area is 157 Å². The number of nitrogens with zero attached hydrogens (tertiary/aromatic N) is 2. The fourth-order valence-corrected chi connectivity index (χ4v) is 3.95. The molecule has 7 heteroatoms. The first-order valence-corrected chi connectivity index (χ1v) is 10.6. The summed E-state index contributed by atoms with van der Waals surface area (Å²) >= 11 is 3.35. The van der Waals surface area contributed by atoms with Crippen molar-refractivity contribution in [3.05, 3.63) is 42.0 Å². The molecule has 1 aliphatic rings. The van der Waals surface area contributed by atoms with Crippen LogP contribution in [0.5, 0.6) is 0 Å². The number of carbonyl (C=O) groups is 2. The zero-order valence-corrected chi connectivity index (χ0v) is 15.8. The maximum atomic E-state index is 12.5. The predicted molar refractivity (Wildman–Crippen MR) is 101 cm³/mol. The Morgan fingerprint density at radius 1 is 1.36 bits per heavy atom. The van der Waals surface area contributed by atoms with E-state index in [2.05, 4.69) is 26.2 Å². The summed E-state index contributed by atoms with van der Waals surface area (Å²) in [5.74, 6) is -0.499. The lowest BCUT2D eigenvalue weighted by Gasteiger charge is -2.19. The van der Waals surface area contributed by atoms with Gasteiger partial charge in [-0.15, -0.1) is 0 Å². The van der Waals surface area contributed by atoms with E-state index >= 15 is 0 Å². The van der Waals surface area contributed by atoms with Crippen LogP contribution in [0.4, 0.5) is 0 Å². The Bertz CT molecular complexity index is 865. The van der Waals surface area contributed by atoms with Crippen molar-refractivity contribution >= 4 is 47.6 Å². The number of amides is 2. The van der Waals surface area contributed by atoms with Gasteiger partial charge in [-0.05, 0) is 66.8 Å². The summed E-state index contributed by atoms with van der Waals surface area (Å²) in [6.07, 6.45) is 1.53. The molecule has 0 aliphatic carbocycles. The fraction of sp³-hybridized carbons (Fsp3) is 0.278. The van der Waals surface area contributed by atoms with Gasteiger partial charge in [0.25, 0.3) is 5.91 Å². The lowest BCUT2D eigenvalue weighted by molar-refractivity contribution is -0.130. The summed E-state index contributed by atoms with van der Waals surface area (Å²) in [6.45, 7) is 0.483. The smallest absolute Gasteiger partial charge is 0.252 e. The SMILES string of the molecule is N#CC1CCCN1C(=O)CNC(=O)c1cccc2cc(SBr)ccc12. The van der Waals surface area contributed by atoms with Crippen molar-refractivity contribution in [2.24, 2.45) is 0 Å². The highest BCUT2D eigenvalue weighted by molar-refractivity contribution is 9.50. The van der Waals surface area contributed by atoms with Crippen LogP contribution in [0.2, 0.25) is 0 Å². The van der Waals surface area contributed by atoms with Crippen molar-refractivity contribution in [1.29, 1.82) is 5.26 Å². The number of fused-ring (bicyclic) bond motifs is 1. The lowest BCUT2D eigenvalue weighted by Crippen LogP contribution is -2.42. The number of nitrogens with one attached hydrogen (secondary N) is 1. The topological polar surface area (TPSA) is 73.2 Å². The third kappa shape index (κ3) is 3.80. The number of carbonyl (C=O) groups excluding carboxylic acids is 2. The minimum absolute atomic E-state index is 0.0945. The molecule has 1 N–H and O–H groups in total.